The lowest BCUT2D eigenvalue weighted by molar-refractivity contribution is -0.118. The molecular weight excluding hydrogens is 358 g/mol. The van der Waals surface area contributed by atoms with Gasteiger partial charge in [0, 0.05) is 11.4 Å². The van der Waals surface area contributed by atoms with Crippen LogP contribution in [-0.4, -0.2) is 36.3 Å². The number of hydrogen-bond acceptors (Lipinski definition) is 5. The quantitative estimate of drug-likeness (QED) is 0.888. The normalized spacial score (nSPS) is 17.8. The molecule has 1 N–H and O–H groups in total. The maximum atomic E-state index is 12.9. The smallest absolute Gasteiger partial charge is 0.244 e. The molecule has 0 aromatic heterocycles. The molecule has 1 atom stereocenters. The van der Waals surface area contributed by atoms with Crippen molar-refractivity contribution in [3.63, 3.8) is 0 Å². The Morgan fingerprint density at radius 3 is 2.68 bits per heavy atom. The van der Waals surface area contributed by atoms with Crippen molar-refractivity contribution in [1.82, 2.24) is 4.31 Å². The van der Waals surface area contributed by atoms with Gasteiger partial charge in [-0.25, -0.2) is 8.42 Å². The van der Waals surface area contributed by atoms with Gasteiger partial charge in [-0.05, 0) is 30.3 Å². The Morgan fingerprint density at radius 1 is 1.20 bits per heavy atom. The van der Waals surface area contributed by atoms with Crippen LogP contribution in [0.25, 0.3) is 0 Å². The third kappa shape index (κ3) is 3.69. The fourth-order valence-corrected chi connectivity index (χ4v) is 5.67. The molecule has 0 bridgehead atoms. The standard InChI is InChI=1S/C17H15N3O3S2/c18-10-13-5-4-8-15(9-13)25(22,23)20-12-24-11-16(20)17(21)19-14-6-2-1-3-7-14/h1-9,16H,11-12H2,(H,19,21)/t16-/m1/s1. The predicted octanol–water partition coefficient (Wildman–Crippen LogP) is 2.26. The minimum Gasteiger partial charge on any atom is -0.325 e. The summed E-state index contributed by atoms with van der Waals surface area (Å²) in [6.45, 7) is 0. The highest BCUT2D eigenvalue weighted by Crippen LogP contribution is 2.29. The first-order valence-electron chi connectivity index (χ1n) is 7.48. The van der Waals surface area contributed by atoms with Crippen molar-refractivity contribution in [1.29, 1.82) is 5.26 Å². The van der Waals surface area contributed by atoms with Crippen LogP contribution in [0, 0.1) is 11.3 Å². The third-order valence-corrected chi connectivity index (χ3v) is 6.78. The van der Waals surface area contributed by atoms with Crippen LogP contribution in [0.3, 0.4) is 0 Å². The molecule has 0 unspecified atom stereocenters. The van der Waals surface area contributed by atoms with E-state index in [0.717, 1.165) is 0 Å². The summed E-state index contributed by atoms with van der Waals surface area (Å²) in [7, 11) is -3.86. The van der Waals surface area contributed by atoms with Gasteiger partial charge in [0.1, 0.15) is 6.04 Å². The van der Waals surface area contributed by atoms with E-state index in [9.17, 15) is 13.2 Å². The molecule has 2 aromatic rings. The summed E-state index contributed by atoms with van der Waals surface area (Å²) in [4.78, 5) is 12.6. The molecule has 0 aliphatic carbocycles. The second-order valence-corrected chi connectivity index (χ2v) is 8.29. The Hall–Kier alpha value is -2.34. The van der Waals surface area contributed by atoms with Gasteiger partial charge < -0.3 is 5.32 Å². The zero-order chi connectivity index (χ0) is 17.9. The van der Waals surface area contributed by atoms with E-state index in [0.29, 0.717) is 11.4 Å². The number of rotatable bonds is 4. The molecule has 1 aliphatic rings. The fourth-order valence-electron chi connectivity index (χ4n) is 2.48. The van der Waals surface area contributed by atoms with E-state index in [1.165, 1.54) is 40.3 Å². The average molecular weight is 373 g/mol. The van der Waals surface area contributed by atoms with E-state index < -0.39 is 16.1 Å². The van der Waals surface area contributed by atoms with Gasteiger partial charge in [-0.15, -0.1) is 11.8 Å². The van der Waals surface area contributed by atoms with E-state index in [4.69, 9.17) is 5.26 Å². The van der Waals surface area contributed by atoms with Crippen molar-refractivity contribution >= 4 is 33.4 Å². The Bertz CT molecular complexity index is 924. The summed E-state index contributed by atoms with van der Waals surface area (Å²) in [5.74, 6) is 0.221. The molecule has 6 nitrogen and oxygen atoms in total. The summed E-state index contributed by atoms with van der Waals surface area (Å²) in [5.41, 5.74) is 0.881. The second kappa shape index (κ2) is 7.27. The Kier molecular flexibility index (Phi) is 5.08. The van der Waals surface area contributed by atoms with Crippen LogP contribution in [0.4, 0.5) is 5.69 Å². The summed E-state index contributed by atoms with van der Waals surface area (Å²) in [5, 5.41) is 11.7. The van der Waals surface area contributed by atoms with E-state index in [1.807, 2.05) is 12.1 Å². The molecule has 1 heterocycles. The molecule has 0 radical (unpaired) electrons. The molecule has 128 valence electrons. The molecule has 1 saturated heterocycles. The predicted molar refractivity (Wildman–Crippen MR) is 96.4 cm³/mol. The van der Waals surface area contributed by atoms with Gasteiger partial charge in [-0.2, -0.15) is 9.57 Å². The summed E-state index contributed by atoms with van der Waals surface area (Å²) in [6, 6.07) is 15.9. The van der Waals surface area contributed by atoms with E-state index in [1.54, 1.807) is 24.3 Å². The molecular formula is C17H15N3O3S2. The molecule has 0 spiro atoms. The highest BCUT2D eigenvalue weighted by Gasteiger charge is 2.40. The first-order chi connectivity index (χ1) is 12.0. The van der Waals surface area contributed by atoms with Crippen LogP contribution >= 0.6 is 11.8 Å². The summed E-state index contributed by atoms with van der Waals surface area (Å²) < 4.78 is 27.0. The number of sulfonamides is 1. The van der Waals surface area contributed by atoms with Crippen molar-refractivity contribution in [3.8, 4) is 6.07 Å². The zero-order valence-electron chi connectivity index (χ0n) is 13.1. The maximum Gasteiger partial charge on any atom is 0.244 e. The molecule has 8 heteroatoms. The lowest BCUT2D eigenvalue weighted by Crippen LogP contribution is -2.44. The van der Waals surface area contributed by atoms with Gasteiger partial charge in [0.15, 0.2) is 0 Å². The van der Waals surface area contributed by atoms with Crippen LogP contribution < -0.4 is 5.32 Å². The average Bonchev–Trinajstić information content (AvgIpc) is 3.13. The third-order valence-electron chi connectivity index (χ3n) is 3.76. The van der Waals surface area contributed by atoms with Crippen LogP contribution in [-0.2, 0) is 14.8 Å². The van der Waals surface area contributed by atoms with E-state index in [-0.39, 0.29) is 22.2 Å². The number of carbonyl (C=O) groups excluding carboxylic acids is 1. The van der Waals surface area contributed by atoms with Crippen molar-refractivity contribution in [3.05, 3.63) is 60.2 Å². The first kappa shape index (κ1) is 17.5. The number of hydrogen-bond donors (Lipinski definition) is 1. The van der Waals surface area contributed by atoms with Gasteiger partial charge in [0.2, 0.25) is 15.9 Å². The van der Waals surface area contributed by atoms with Gasteiger partial charge in [-0.3, -0.25) is 4.79 Å². The molecule has 25 heavy (non-hydrogen) atoms. The minimum absolute atomic E-state index is 0.0200. The number of anilines is 1. The number of carbonyl (C=O) groups is 1. The van der Waals surface area contributed by atoms with Gasteiger partial charge in [0.25, 0.3) is 0 Å². The summed E-state index contributed by atoms with van der Waals surface area (Å²) in [6.07, 6.45) is 0. The Labute approximate surface area is 150 Å². The van der Waals surface area contributed by atoms with Crippen molar-refractivity contribution in [2.75, 3.05) is 16.9 Å². The number of para-hydroxylation sites is 1. The van der Waals surface area contributed by atoms with Gasteiger partial charge in [-0.1, -0.05) is 24.3 Å². The lowest BCUT2D eigenvalue weighted by atomic mass is 10.2. The molecule has 0 saturated carbocycles. The number of amides is 1. The molecule has 1 aliphatic heterocycles. The first-order valence-corrected chi connectivity index (χ1v) is 10.1. The van der Waals surface area contributed by atoms with E-state index >= 15 is 0 Å². The number of thioether (sulfide) groups is 1. The van der Waals surface area contributed by atoms with Crippen molar-refractivity contribution < 1.29 is 13.2 Å². The number of nitrogens with one attached hydrogen (secondary N) is 1. The topological polar surface area (TPSA) is 90.3 Å². The zero-order valence-corrected chi connectivity index (χ0v) is 14.8. The summed E-state index contributed by atoms with van der Waals surface area (Å²) >= 11 is 1.38. The van der Waals surface area contributed by atoms with Crippen molar-refractivity contribution in [2.45, 2.75) is 10.9 Å². The van der Waals surface area contributed by atoms with Crippen molar-refractivity contribution in [2.24, 2.45) is 0 Å². The Balaban J connectivity index is 1.85. The van der Waals surface area contributed by atoms with Crippen LogP contribution in [0.2, 0.25) is 0 Å². The number of nitrogens with zero attached hydrogens (tertiary/aromatic N) is 2. The van der Waals surface area contributed by atoms with Gasteiger partial charge in [0.05, 0.1) is 22.4 Å². The Morgan fingerprint density at radius 2 is 1.96 bits per heavy atom. The molecule has 2 aromatic carbocycles. The largest absolute Gasteiger partial charge is 0.325 e. The highest BCUT2D eigenvalue weighted by atomic mass is 32.2. The fraction of sp³-hybridized carbons (Fsp3) is 0.176. The maximum absolute atomic E-state index is 12.9. The number of nitriles is 1. The SMILES string of the molecule is N#Cc1cccc(S(=O)(=O)N2CSC[C@@H]2C(=O)Nc2ccccc2)c1. The second-order valence-electron chi connectivity index (χ2n) is 5.40. The number of benzene rings is 2. The van der Waals surface area contributed by atoms with E-state index in [2.05, 4.69) is 5.32 Å². The highest BCUT2D eigenvalue weighted by molar-refractivity contribution is 8.00. The lowest BCUT2D eigenvalue weighted by Gasteiger charge is -2.22. The van der Waals surface area contributed by atoms with Crippen LogP contribution in [0.1, 0.15) is 5.56 Å². The molecule has 3 rings (SSSR count). The monoisotopic (exact) mass is 373 g/mol. The molecule has 1 fully saturated rings. The van der Waals surface area contributed by atoms with Crippen LogP contribution in [0.15, 0.2) is 59.5 Å². The molecule has 1 amide bonds. The minimum atomic E-state index is -3.86. The van der Waals surface area contributed by atoms with Gasteiger partial charge >= 0.3 is 0 Å². The van der Waals surface area contributed by atoms with Crippen LogP contribution in [0.5, 0.6) is 0 Å².